The first-order valence-corrected chi connectivity index (χ1v) is 14.3. The minimum atomic E-state index is 0.852. The van der Waals surface area contributed by atoms with Gasteiger partial charge in [0.25, 0.3) is 0 Å². The molecule has 0 aliphatic carbocycles. The molecule has 0 aliphatic heterocycles. The zero-order valence-corrected chi connectivity index (χ0v) is 22.9. The van der Waals surface area contributed by atoms with Crippen molar-refractivity contribution >= 4 is 49.6 Å². The van der Waals surface area contributed by atoms with E-state index in [1.54, 1.807) is 0 Å². The monoisotopic (exact) mass is 537 g/mol. The van der Waals surface area contributed by atoms with Crippen molar-refractivity contribution in [1.82, 2.24) is 0 Å². The number of fused-ring (bicyclic) bond motifs is 3. The maximum absolute atomic E-state index is 6.39. The van der Waals surface area contributed by atoms with Crippen LogP contribution in [-0.2, 0) is 0 Å². The summed E-state index contributed by atoms with van der Waals surface area (Å²) in [5.41, 5.74) is 7.59. The number of rotatable bonds is 5. The van der Waals surface area contributed by atoms with Gasteiger partial charge in [0.15, 0.2) is 0 Å². The smallest absolute Gasteiger partial charge is 0.137 e. The van der Waals surface area contributed by atoms with E-state index in [-0.39, 0.29) is 0 Å². The Morgan fingerprint density at radius 3 is 1.90 bits per heavy atom. The fourth-order valence-electron chi connectivity index (χ4n) is 5.97. The summed E-state index contributed by atoms with van der Waals surface area (Å²) in [6.07, 6.45) is 0. The second-order valence-corrected chi connectivity index (χ2v) is 10.6. The summed E-state index contributed by atoms with van der Waals surface area (Å²) >= 11 is 0. The molecule has 0 atom stereocenters. The molecular formula is C40H27NO. The van der Waals surface area contributed by atoms with E-state index in [4.69, 9.17) is 4.42 Å². The van der Waals surface area contributed by atoms with Gasteiger partial charge in [0, 0.05) is 22.0 Å². The molecule has 1 aromatic heterocycles. The lowest BCUT2D eigenvalue weighted by molar-refractivity contribution is 0.631. The highest BCUT2D eigenvalue weighted by Crippen LogP contribution is 2.44. The van der Waals surface area contributed by atoms with Gasteiger partial charge >= 0.3 is 0 Å². The van der Waals surface area contributed by atoms with Crippen molar-refractivity contribution in [1.29, 1.82) is 0 Å². The van der Waals surface area contributed by atoms with E-state index < -0.39 is 0 Å². The third kappa shape index (κ3) is 4.22. The number of benzene rings is 7. The van der Waals surface area contributed by atoms with Crippen LogP contribution in [0.4, 0.5) is 17.1 Å². The van der Waals surface area contributed by atoms with Gasteiger partial charge < -0.3 is 9.32 Å². The summed E-state index contributed by atoms with van der Waals surface area (Å²) in [6, 6.07) is 58.0. The molecule has 42 heavy (non-hydrogen) atoms. The Bertz CT molecular complexity index is 2170. The molecule has 0 radical (unpaired) electrons. The average molecular weight is 538 g/mol. The lowest BCUT2D eigenvalue weighted by atomic mass is 10.00. The number of anilines is 3. The third-order valence-electron chi connectivity index (χ3n) is 8.05. The van der Waals surface area contributed by atoms with Gasteiger partial charge in [-0.3, -0.25) is 0 Å². The van der Waals surface area contributed by atoms with Crippen LogP contribution in [0.1, 0.15) is 0 Å². The highest BCUT2D eigenvalue weighted by Gasteiger charge is 2.20. The molecule has 7 aromatic carbocycles. The van der Waals surface area contributed by atoms with Crippen LogP contribution in [0.2, 0.25) is 0 Å². The Kier molecular flexibility index (Phi) is 5.82. The van der Waals surface area contributed by atoms with Crippen LogP contribution < -0.4 is 4.90 Å². The summed E-state index contributed by atoms with van der Waals surface area (Å²) in [6.45, 7) is 0. The third-order valence-corrected chi connectivity index (χ3v) is 8.05. The molecule has 1 heterocycles. The minimum Gasteiger partial charge on any atom is -0.456 e. The Morgan fingerprint density at radius 1 is 0.405 bits per heavy atom. The summed E-state index contributed by atoms with van der Waals surface area (Å²) in [7, 11) is 0. The van der Waals surface area contributed by atoms with Gasteiger partial charge in [0.1, 0.15) is 11.3 Å². The van der Waals surface area contributed by atoms with Crippen LogP contribution in [0.25, 0.3) is 55.0 Å². The molecular weight excluding hydrogens is 510 g/mol. The van der Waals surface area contributed by atoms with E-state index in [0.717, 1.165) is 39.4 Å². The normalized spacial score (nSPS) is 11.3. The first-order valence-electron chi connectivity index (χ1n) is 14.3. The van der Waals surface area contributed by atoms with E-state index in [1.165, 1.54) is 32.7 Å². The summed E-state index contributed by atoms with van der Waals surface area (Å²) in [4.78, 5) is 2.36. The van der Waals surface area contributed by atoms with Gasteiger partial charge in [-0.2, -0.15) is 0 Å². The van der Waals surface area contributed by atoms with E-state index in [0.29, 0.717) is 0 Å². The standard InChI is InChI=1S/C40H27NO/c1-2-12-31-26-32(21-20-28(31)10-1)29-22-24-34(25-23-29)41(37-18-9-14-30-11-3-5-15-35(30)37)38-17-7-6-16-36(38)40-27-33-13-4-8-19-39(33)42-40/h1-27H. The van der Waals surface area contributed by atoms with Crippen molar-refractivity contribution in [3.8, 4) is 22.5 Å². The Balaban J connectivity index is 1.30. The van der Waals surface area contributed by atoms with Crippen molar-refractivity contribution in [2.24, 2.45) is 0 Å². The van der Waals surface area contributed by atoms with Crippen molar-refractivity contribution in [2.45, 2.75) is 0 Å². The quantitative estimate of drug-likeness (QED) is 0.217. The highest BCUT2D eigenvalue weighted by molar-refractivity contribution is 6.01. The van der Waals surface area contributed by atoms with Crippen LogP contribution in [0.15, 0.2) is 168 Å². The molecule has 0 spiro atoms. The summed E-state index contributed by atoms with van der Waals surface area (Å²) < 4.78 is 6.39. The average Bonchev–Trinajstić information content (AvgIpc) is 3.50. The Morgan fingerprint density at radius 2 is 1.05 bits per heavy atom. The molecule has 2 nitrogen and oxygen atoms in total. The molecule has 0 fully saturated rings. The van der Waals surface area contributed by atoms with Crippen molar-refractivity contribution in [3.63, 3.8) is 0 Å². The van der Waals surface area contributed by atoms with E-state index in [1.807, 2.05) is 18.2 Å². The molecule has 0 aliphatic rings. The Hall–Kier alpha value is -5.60. The first kappa shape index (κ1) is 24.2. The molecule has 0 amide bonds. The maximum Gasteiger partial charge on any atom is 0.137 e. The minimum absolute atomic E-state index is 0.852. The van der Waals surface area contributed by atoms with Gasteiger partial charge in [-0.05, 0) is 75.8 Å². The summed E-state index contributed by atoms with van der Waals surface area (Å²) in [5.74, 6) is 0.852. The lowest BCUT2D eigenvalue weighted by Crippen LogP contribution is -2.11. The second kappa shape index (κ2) is 10.1. The maximum atomic E-state index is 6.39. The van der Waals surface area contributed by atoms with Crippen LogP contribution in [0.3, 0.4) is 0 Å². The molecule has 0 N–H and O–H groups in total. The number of hydrogen-bond acceptors (Lipinski definition) is 2. The van der Waals surface area contributed by atoms with Crippen molar-refractivity contribution in [2.75, 3.05) is 4.90 Å². The lowest BCUT2D eigenvalue weighted by Gasteiger charge is -2.28. The number of hydrogen-bond donors (Lipinski definition) is 0. The van der Waals surface area contributed by atoms with Gasteiger partial charge in [0.05, 0.1) is 11.4 Å². The van der Waals surface area contributed by atoms with Gasteiger partial charge in [-0.15, -0.1) is 0 Å². The molecule has 8 aromatic rings. The fourth-order valence-corrected chi connectivity index (χ4v) is 5.97. The molecule has 0 saturated heterocycles. The van der Waals surface area contributed by atoms with Crippen molar-refractivity contribution in [3.05, 3.63) is 164 Å². The van der Waals surface area contributed by atoms with E-state index in [2.05, 4.69) is 150 Å². The zero-order chi connectivity index (χ0) is 27.9. The largest absolute Gasteiger partial charge is 0.456 e. The topological polar surface area (TPSA) is 16.4 Å². The van der Waals surface area contributed by atoms with Crippen LogP contribution in [0.5, 0.6) is 0 Å². The molecule has 0 bridgehead atoms. The first-order chi connectivity index (χ1) is 20.8. The SMILES string of the molecule is c1ccc(N(c2ccc(-c3ccc4ccccc4c3)cc2)c2cccc3ccccc23)c(-c2cc3ccccc3o2)c1. The second-order valence-electron chi connectivity index (χ2n) is 10.6. The van der Waals surface area contributed by atoms with Gasteiger partial charge in [-0.25, -0.2) is 0 Å². The predicted molar refractivity (Wildman–Crippen MR) is 177 cm³/mol. The molecule has 2 heteroatoms. The van der Waals surface area contributed by atoms with Gasteiger partial charge in [0.2, 0.25) is 0 Å². The fraction of sp³-hybridized carbons (Fsp3) is 0. The van der Waals surface area contributed by atoms with Crippen LogP contribution in [-0.4, -0.2) is 0 Å². The molecule has 8 rings (SSSR count). The van der Waals surface area contributed by atoms with Crippen LogP contribution >= 0.6 is 0 Å². The highest BCUT2D eigenvalue weighted by atomic mass is 16.3. The zero-order valence-electron chi connectivity index (χ0n) is 22.9. The predicted octanol–water partition coefficient (Wildman–Crippen LogP) is 11.5. The van der Waals surface area contributed by atoms with E-state index in [9.17, 15) is 0 Å². The molecule has 0 unspecified atom stereocenters. The molecule has 198 valence electrons. The number of nitrogens with zero attached hydrogens (tertiary/aromatic N) is 1. The summed E-state index contributed by atoms with van der Waals surface area (Å²) in [5, 5.41) is 5.99. The number of para-hydroxylation sites is 2. The number of furan rings is 1. The van der Waals surface area contributed by atoms with Crippen molar-refractivity contribution < 1.29 is 4.42 Å². The van der Waals surface area contributed by atoms with Crippen LogP contribution in [0, 0.1) is 0 Å². The van der Waals surface area contributed by atoms with Gasteiger partial charge in [-0.1, -0.05) is 115 Å². The molecule has 0 saturated carbocycles. The van der Waals surface area contributed by atoms with E-state index >= 15 is 0 Å². The Labute approximate surface area is 244 Å².